The molecule has 34 heavy (non-hydrogen) atoms. The van der Waals surface area contributed by atoms with E-state index in [1.807, 2.05) is 32.0 Å². The molecule has 1 aliphatic heterocycles. The van der Waals surface area contributed by atoms with Gasteiger partial charge in [-0.3, -0.25) is 0 Å². The molecule has 3 N–H and O–H groups in total. The molecule has 5 rings (SSSR count). The van der Waals surface area contributed by atoms with E-state index in [9.17, 15) is 9.00 Å². The number of nitrogens with two attached hydrogens (primary N) is 1. The first kappa shape index (κ1) is 22.4. The van der Waals surface area contributed by atoms with Crippen LogP contribution in [0.4, 0.5) is 10.5 Å². The van der Waals surface area contributed by atoms with Crippen LogP contribution in [-0.2, 0) is 29.3 Å². The normalized spacial score (nSPS) is 17.9. The molecule has 178 valence electrons. The average Bonchev–Trinajstić information content (AvgIpc) is 3.49. The molecule has 0 spiro atoms. The number of fused-ring (bicyclic) bond motifs is 2. The molecule has 2 aliphatic rings. The predicted molar refractivity (Wildman–Crippen MR) is 127 cm³/mol. The van der Waals surface area contributed by atoms with E-state index >= 15 is 0 Å². The fourth-order valence-electron chi connectivity index (χ4n) is 4.43. The van der Waals surface area contributed by atoms with E-state index in [1.54, 1.807) is 10.9 Å². The highest BCUT2D eigenvalue weighted by molar-refractivity contribution is 7.91. The number of benzene rings is 1. The molecule has 0 saturated carbocycles. The van der Waals surface area contributed by atoms with Gasteiger partial charge in [-0.15, -0.1) is 4.36 Å². The van der Waals surface area contributed by atoms with Gasteiger partial charge in [0.2, 0.25) is 11.8 Å². The molecule has 3 heterocycles. The van der Waals surface area contributed by atoms with Crippen molar-refractivity contribution in [2.75, 3.05) is 11.9 Å². The van der Waals surface area contributed by atoms with Gasteiger partial charge < -0.3 is 14.8 Å². The monoisotopic (exact) mass is 482 g/mol. The molecule has 0 radical (unpaired) electrons. The largest absolute Gasteiger partial charge is 0.478 e. The second kappa shape index (κ2) is 8.73. The van der Waals surface area contributed by atoms with Crippen molar-refractivity contribution in [1.82, 2.24) is 14.8 Å². The Kier molecular flexibility index (Phi) is 5.74. The third-order valence-corrected chi connectivity index (χ3v) is 7.24. The zero-order chi connectivity index (χ0) is 23.9. The number of amides is 2. The summed E-state index contributed by atoms with van der Waals surface area (Å²) in [6, 6.07) is 6.93. The van der Waals surface area contributed by atoms with Crippen LogP contribution in [0.15, 0.2) is 45.9 Å². The van der Waals surface area contributed by atoms with E-state index in [0.29, 0.717) is 24.7 Å². The van der Waals surface area contributed by atoms with Gasteiger partial charge in [0.15, 0.2) is 9.92 Å². The second-order valence-corrected chi connectivity index (χ2v) is 10.1. The van der Waals surface area contributed by atoms with Gasteiger partial charge in [0, 0.05) is 17.8 Å². The lowest BCUT2D eigenvalue weighted by atomic mass is 9.98. The SMILES string of the molecule is CCOc1cc(-c2ccc3c(c2NC(=O)N=S(N)(=O)c2cnn4c2O[C@@H](C)C4)CCC3)ccn1. The number of ether oxygens (including phenoxy) is 2. The fourth-order valence-corrected chi connectivity index (χ4v) is 5.43. The Morgan fingerprint density at radius 1 is 1.38 bits per heavy atom. The number of nitrogens with one attached hydrogen (secondary N) is 1. The Bertz CT molecular complexity index is 1390. The molecule has 1 unspecified atom stereocenters. The number of aryl methyl sites for hydroxylation is 1. The smallest absolute Gasteiger partial charge is 0.354 e. The lowest BCUT2D eigenvalue weighted by Crippen LogP contribution is -2.19. The van der Waals surface area contributed by atoms with Gasteiger partial charge in [0.25, 0.3) is 0 Å². The summed E-state index contributed by atoms with van der Waals surface area (Å²) in [6.07, 6.45) is 5.63. The van der Waals surface area contributed by atoms with Gasteiger partial charge in [-0.1, -0.05) is 12.1 Å². The minimum absolute atomic E-state index is 0.112. The first-order chi connectivity index (χ1) is 16.4. The molecule has 2 aromatic heterocycles. The highest BCUT2D eigenvalue weighted by Crippen LogP contribution is 2.38. The molecular weight excluding hydrogens is 456 g/mol. The van der Waals surface area contributed by atoms with Crippen LogP contribution in [0.2, 0.25) is 0 Å². The number of urea groups is 1. The maximum atomic E-state index is 13.2. The van der Waals surface area contributed by atoms with Crippen molar-refractivity contribution < 1.29 is 18.5 Å². The van der Waals surface area contributed by atoms with Crippen LogP contribution in [0.3, 0.4) is 0 Å². The first-order valence-electron chi connectivity index (χ1n) is 11.2. The first-order valence-corrected chi connectivity index (χ1v) is 12.8. The number of aromatic nitrogens is 3. The molecule has 1 aliphatic carbocycles. The number of carbonyl (C=O) groups excluding carboxylic acids is 1. The highest BCUT2D eigenvalue weighted by atomic mass is 32.2. The van der Waals surface area contributed by atoms with Crippen molar-refractivity contribution >= 4 is 21.6 Å². The number of anilines is 1. The predicted octanol–water partition coefficient (Wildman–Crippen LogP) is 3.55. The summed E-state index contributed by atoms with van der Waals surface area (Å²) in [5.41, 5.74) is 4.50. The molecule has 11 heteroatoms. The number of pyridine rings is 1. The van der Waals surface area contributed by atoms with Crippen LogP contribution in [0.1, 0.15) is 31.4 Å². The molecule has 0 fully saturated rings. The van der Waals surface area contributed by atoms with Crippen LogP contribution in [0, 0.1) is 0 Å². The maximum Gasteiger partial charge on any atom is 0.354 e. The topological polar surface area (TPSA) is 134 Å². The molecule has 0 bridgehead atoms. The number of carbonyl (C=O) groups is 1. The average molecular weight is 483 g/mol. The van der Waals surface area contributed by atoms with Crippen molar-refractivity contribution in [3.05, 3.63) is 47.8 Å². The van der Waals surface area contributed by atoms with Gasteiger partial charge in [-0.25, -0.2) is 23.8 Å². The Hall–Kier alpha value is -3.44. The fraction of sp³-hybridized carbons (Fsp3) is 0.348. The second-order valence-electron chi connectivity index (χ2n) is 8.31. The van der Waals surface area contributed by atoms with E-state index in [1.165, 1.54) is 11.8 Å². The van der Waals surface area contributed by atoms with Gasteiger partial charge in [-0.2, -0.15) is 5.10 Å². The van der Waals surface area contributed by atoms with Crippen molar-refractivity contribution in [1.29, 1.82) is 0 Å². The molecule has 10 nitrogen and oxygen atoms in total. The van der Waals surface area contributed by atoms with E-state index in [-0.39, 0.29) is 16.9 Å². The summed E-state index contributed by atoms with van der Waals surface area (Å²) in [6.45, 7) is 4.78. The number of hydrogen-bond donors (Lipinski definition) is 2. The summed E-state index contributed by atoms with van der Waals surface area (Å²) in [4.78, 5) is 17.3. The Balaban J connectivity index is 1.51. The van der Waals surface area contributed by atoms with Crippen molar-refractivity contribution in [2.24, 2.45) is 9.50 Å². The lowest BCUT2D eigenvalue weighted by Gasteiger charge is -2.16. The van der Waals surface area contributed by atoms with Gasteiger partial charge in [0.1, 0.15) is 11.0 Å². The van der Waals surface area contributed by atoms with Crippen LogP contribution < -0.4 is 19.9 Å². The third-order valence-electron chi connectivity index (χ3n) is 5.89. The van der Waals surface area contributed by atoms with Crippen molar-refractivity contribution in [3.63, 3.8) is 0 Å². The summed E-state index contributed by atoms with van der Waals surface area (Å²) < 4.78 is 29.8. The zero-order valence-electron chi connectivity index (χ0n) is 19.0. The van der Waals surface area contributed by atoms with Gasteiger partial charge in [0.05, 0.1) is 25.0 Å². The quantitative estimate of drug-likeness (QED) is 0.571. The van der Waals surface area contributed by atoms with Gasteiger partial charge >= 0.3 is 6.03 Å². The number of rotatable bonds is 5. The molecule has 2 amide bonds. The number of nitrogens with zero attached hydrogens (tertiary/aromatic N) is 4. The third kappa shape index (κ3) is 4.12. The van der Waals surface area contributed by atoms with E-state index in [0.717, 1.165) is 36.0 Å². The Labute approximate surface area is 197 Å². The standard InChI is InChI=1S/C23H26N6O4S/c1-3-32-20-11-16(9-10-25-20)18-8-7-15-5-4-6-17(15)21(18)27-23(30)28-34(24,31)19-12-26-29-13-14(2)33-22(19)29/h7-12,14H,3-6,13H2,1-2H3,(H3,24,27,28,30,31)/t14-,34?/m0/s1. The Morgan fingerprint density at radius 2 is 2.24 bits per heavy atom. The molecule has 2 atom stereocenters. The highest BCUT2D eigenvalue weighted by Gasteiger charge is 2.29. The van der Waals surface area contributed by atoms with Crippen LogP contribution in [-0.4, -0.2) is 37.7 Å². The summed E-state index contributed by atoms with van der Waals surface area (Å²) in [7, 11) is -3.57. The summed E-state index contributed by atoms with van der Waals surface area (Å²) in [5.74, 6) is 0.787. The van der Waals surface area contributed by atoms with E-state index < -0.39 is 15.9 Å². The summed E-state index contributed by atoms with van der Waals surface area (Å²) >= 11 is 0. The van der Waals surface area contributed by atoms with Gasteiger partial charge in [-0.05, 0) is 55.9 Å². The van der Waals surface area contributed by atoms with Crippen molar-refractivity contribution in [3.8, 4) is 22.9 Å². The van der Waals surface area contributed by atoms with Crippen LogP contribution in [0.5, 0.6) is 11.8 Å². The molecule has 1 aromatic carbocycles. The lowest BCUT2D eigenvalue weighted by molar-refractivity contribution is 0.248. The van der Waals surface area contributed by atoms with E-state index in [4.69, 9.17) is 14.6 Å². The van der Waals surface area contributed by atoms with Crippen LogP contribution >= 0.6 is 0 Å². The zero-order valence-corrected chi connectivity index (χ0v) is 19.8. The van der Waals surface area contributed by atoms with Crippen molar-refractivity contribution in [2.45, 2.75) is 50.7 Å². The minimum atomic E-state index is -3.57. The van der Waals surface area contributed by atoms with E-state index in [2.05, 4.69) is 25.8 Å². The Morgan fingerprint density at radius 3 is 3.06 bits per heavy atom. The molecule has 0 saturated heterocycles. The number of hydrogen-bond acceptors (Lipinski definition) is 6. The molecular formula is C23H26N6O4S. The van der Waals surface area contributed by atoms with Crippen LogP contribution in [0.25, 0.3) is 11.1 Å². The summed E-state index contributed by atoms with van der Waals surface area (Å²) in [5, 5.41) is 13.0. The molecule has 3 aromatic rings. The maximum absolute atomic E-state index is 13.2. The minimum Gasteiger partial charge on any atom is -0.478 e.